The van der Waals surface area contributed by atoms with E-state index in [-0.39, 0.29) is 5.91 Å². The van der Waals surface area contributed by atoms with Gasteiger partial charge in [0.05, 0.1) is 11.1 Å². The fraction of sp³-hybridized carbons (Fsp3) is 0.393. The Morgan fingerprint density at radius 1 is 1.11 bits per heavy atom. The summed E-state index contributed by atoms with van der Waals surface area (Å²) in [6, 6.07) is 16.1. The molecule has 4 rings (SSSR count). The molecule has 0 saturated heterocycles. The molecule has 7 nitrogen and oxygen atoms in total. The zero-order chi connectivity index (χ0) is 24.7. The Bertz CT molecular complexity index is 1100. The second-order valence-electron chi connectivity index (χ2n) is 9.35. The number of aromatic nitrogens is 2. The van der Waals surface area contributed by atoms with Crippen LogP contribution in [0.4, 0.5) is 0 Å². The van der Waals surface area contributed by atoms with Gasteiger partial charge in [-0.2, -0.15) is 0 Å². The topological polar surface area (TPSA) is 96.4 Å². The van der Waals surface area contributed by atoms with Crippen LogP contribution in [0, 0.1) is 0 Å². The first-order valence-electron chi connectivity index (χ1n) is 12.4. The van der Waals surface area contributed by atoms with Crippen LogP contribution in [0.2, 0.25) is 0 Å². The van der Waals surface area contributed by atoms with Crippen molar-refractivity contribution in [2.24, 2.45) is 0 Å². The third-order valence-corrected chi connectivity index (χ3v) is 6.59. The van der Waals surface area contributed by atoms with Crippen LogP contribution in [0.3, 0.4) is 0 Å². The van der Waals surface area contributed by atoms with Crippen molar-refractivity contribution < 1.29 is 14.6 Å². The Balaban J connectivity index is 1.31. The smallest absolute Gasteiger partial charge is 0.254 e. The number of hydrogen-bond acceptors (Lipinski definition) is 6. The summed E-state index contributed by atoms with van der Waals surface area (Å²) in [5.41, 5.74) is 1.96. The average molecular weight is 475 g/mol. The molecule has 1 heterocycles. The van der Waals surface area contributed by atoms with Crippen LogP contribution >= 0.6 is 0 Å². The molecule has 1 aromatic heterocycles. The predicted molar refractivity (Wildman–Crippen MR) is 135 cm³/mol. The van der Waals surface area contributed by atoms with Gasteiger partial charge in [0, 0.05) is 18.9 Å². The number of benzene rings is 2. The van der Waals surface area contributed by atoms with Gasteiger partial charge in [0.2, 0.25) is 0 Å². The quantitative estimate of drug-likeness (QED) is 0.322. The number of carbonyl (C=O) groups excluding carboxylic acids is 1. The Kier molecular flexibility index (Phi) is 8.10. The standard InChI is InChI=1S/C28H34N4O3/c1-3-4-7-20(2)24-8-5-6-9-25(24)35-23-12-10-21(11-13-23)16-31-27(34)28(14-15-28)32-26(33)22-17-29-19-30-18-22/h5-6,8-13,17-20,27,31,34H,3-4,7,14-16H2,1-2H3,(H,32,33). The number of nitrogens with one attached hydrogen (secondary N) is 2. The number of ether oxygens (including phenoxy) is 1. The molecule has 3 aromatic rings. The van der Waals surface area contributed by atoms with E-state index in [1.165, 1.54) is 37.1 Å². The molecule has 1 saturated carbocycles. The van der Waals surface area contributed by atoms with Gasteiger partial charge in [0.1, 0.15) is 24.1 Å². The van der Waals surface area contributed by atoms with E-state index in [1.54, 1.807) is 0 Å². The van der Waals surface area contributed by atoms with Gasteiger partial charge in [-0.05, 0) is 54.5 Å². The van der Waals surface area contributed by atoms with Crippen LogP contribution < -0.4 is 15.4 Å². The first-order valence-corrected chi connectivity index (χ1v) is 12.4. The van der Waals surface area contributed by atoms with Crippen molar-refractivity contribution in [2.75, 3.05) is 0 Å². The molecule has 1 aliphatic carbocycles. The summed E-state index contributed by atoms with van der Waals surface area (Å²) in [5.74, 6) is 1.84. The minimum absolute atomic E-state index is 0.283. The van der Waals surface area contributed by atoms with E-state index in [1.807, 2.05) is 36.4 Å². The summed E-state index contributed by atoms with van der Waals surface area (Å²) in [7, 11) is 0. The lowest BCUT2D eigenvalue weighted by atomic mass is 9.95. The number of hydrogen-bond donors (Lipinski definition) is 3. The van der Waals surface area contributed by atoms with Crippen molar-refractivity contribution >= 4 is 5.91 Å². The van der Waals surface area contributed by atoms with E-state index >= 15 is 0 Å². The van der Waals surface area contributed by atoms with Crippen molar-refractivity contribution in [1.29, 1.82) is 0 Å². The molecule has 1 amide bonds. The SMILES string of the molecule is CCCCC(C)c1ccccc1Oc1ccc(CNC(O)C2(NC(=O)c3cncnc3)CC2)cc1. The normalized spacial score (nSPS) is 15.7. The molecule has 0 aliphatic heterocycles. The summed E-state index contributed by atoms with van der Waals surface area (Å²) in [5, 5.41) is 16.8. The highest BCUT2D eigenvalue weighted by atomic mass is 16.5. The Morgan fingerprint density at radius 2 is 1.83 bits per heavy atom. The number of para-hydroxylation sites is 1. The van der Waals surface area contributed by atoms with Crippen molar-refractivity contribution in [3.05, 3.63) is 83.9 Å². The molecule has 0 radical (unpaired) electrons. The molecule has 0 spiro atoms. The van der Waals surface area contributed by atoms with Crippen LogP contribution in [-0.4, -0.2) is 32.7 Å². The summed E-state index contributed by atoms with van der Waals surface area (Å²) in [4.78, 5) is 20.2. The molecule has 7 heteroatoms. The molecule has 2 aromatic carbocycles. The first-order chi connectivity index (χ1) is 17.0. The molecule has 184 valence electrons. The van der Waals surface area contributed by atoms with E-state index in [0.717, 1.165) is 23.5 Å². The highest BCUT2D eigenvalue weighted by Gasteiger charge is 2.50. The number of aliphatic hydroxyl groups excluding tert-OH is 1. The number of aliphatic hydroxyl groups is 1. The first kappa shape index (κ1) is 24.8. The lowest BCUT2D eigenvalue weighted by Crippen LogP contribution is -2.52. The van der Waals surface area contributed by atoms with Crippen molar-refractivity contribution in [3.63, 3.8) is 0 Å². The molecule has 3 N–H and O–H groups in total. The molecule has 1 aliphatic rings. The van der Waals surface area contributed by atoms with E-state index in [0.29, 0.717) is 30.9 Å². The fourth-order valence-corrected chi connectivity index (χ4v) is 4.17. The lowest BCUT2D eigenvalue weighted by molar-refractivity contribution is 0.0660. The molecule has 2 unspecified atom stereocenters. The average Bonchev–Trinajstić information content (AvgIpc) is 3.68. The maximum atomic E-state index is 12.4. The summed E-state index contributed by atoms with van der Waals surface area (Å²) < 4.78 is 6.21. The second kappa shape index (κ2) is 11.4. The zero-order valence-electron chi connectivity index (χ0n) is 20.4. The molecule has 2 atom stereocenters. The summed E-state index contributed by atoms with van der Waals surface area (Å²) in [6.45, 7) is 4.93. The second-order valence-corrected chi connectivity index (χ2v) is 9.35. The third-order valence-electron chi connectivity index (χ3n) is 6.59. The van der Waals surface area contributed by atoms with E-state index in [2.05, 4.69) is 46.6 Å². The number of nitrogens with zero attached hydrogens (tertiary/aromatic N) is 2. The Labute approximate surface area is 207 Å². The minimum atomic E-state index is -0.858. The van der Waals surface area contributed by atoms with Gasteiger partial charge in [-0.15, -0.1) is 0 Å². The maximum absolute atomic E-state index is 12.4. The van der Waals surface area contributed by atoms with Crippen molar-refractivity contribution in [2.45, 2.75) is 70.2 Å². The van der Waals surface area contributed by atoms with Gasteiger partial charge in [0.15, 0.2) is 0 Å². The van der Waals surface area contributed by atoms with E-state index in [4.69, 9.17) is 4.74 Å². The van der Waals surface area contributed by atoms with Crippen LogP contribution in [0.15, 0.2) is 67.3 Å². The van der Waals surface area contributed by atoms with E-state index < -0.39 is 11.8 Å². The molecule has 0 bridgehead atoms. The predicted octanol–water partition coefficient (Wildman–Crippen LogP) is 4.93. The van der Waals surface area contributed by atoms with Crippen LogP contribution in [0.5, 0.6) is 11.5 Å². The monoisotopic (exact) mass is 474 g/mol. The molecular formula is C28H34N4O3. The molecule has 35 heavy (non-hydrogen) atoms. The van der Waals surface area contributed by atoms with Gasteiger partial charge in [-0.3, -0.25) is 10.1 Å². The third kappa shape index (κ3) is 6.44. The maximum Gasteiger partial charge on any atom is 0.254 e. The largest absolute Gasteiger partial charge is 0.457 e. The number of amides is 1. The number of rotatable bonds is 12. The Hall–Kier alpha value is -3.29. The zero-order valence-corrected chi connectivity index (χ0v) is 20.4. The van der Waals surface area contributed by atoms with Crippen molar-refractivity contribution in [1.82, 2.24) is 20.6 Å². The van der Waals surface area contributed by atoms with Crippen molar-refractivity contribution in [3.8, 4) is 11.5 Å². The summed E-state index contributed by atoms with van der Waals surface area (Å²) >= 11 is 0. The fourth-order valence-electron chi connectivity index (χ4n) is 4.17. The minimum Gasteiger partial charge on any atom is -0.457 e. The molecular weight excluding hydrogens is 440 g/mol. The molecule has 1 fully saturated rings. The lowest BCUT2D eigenvalue weighted by Gasteiger charge is -2.24. The number of unbranched alkanes of at least 4 members (excludes halogenated alkanes) is 1. The Morgan fingerprint density at radius 3 is 2.51 bits per heavy atom. The van der Waals surface area contributed by atoms with Crippen LogP contribution in [0.25, 0.3) is 0 Å². The van der Waals surface area contributed by atoms with Gasteiger partial charge in [0.25, 0.3) is 5.91 Å². The van der Waals surface area contributed by atoms with Gasteiger partial charge in [-0.1, -0.05) is 57.0 Å². The van der Waals surface area contributed by atoms with Crippen LogP contribution in [-0.2, 0) is 6.54 Å². The highest BCUT2D eigenvalue weighted by molar-refractivity contribution is 5.94. The highest BCUT2D eigenvalue weighted by Crippen LogP contribution is 2.38. The number of carbonyl (C=O) groups is 1. The van der Waals surface area contributed by atoms with Gasteiger partial charge >= 0.3 is 0 Å². The van der Waals surface area contributed by atoms with E-state index in [9.17, 15) is 9.90 Å². The summed E-state index contributed by atoms with van der Waals surface area (Å²) in [6.07, 6.45) is 8.41. The van der Waals surface area contributed by atoms with Gasteiger partial charge in [-0.25, -0.2) is 9.97 Å². The van der Waals surface area contributed by atoms with Crippen LogP contribution in [0.1, 0.15) is 73.4 Å². The van der Waals surface area contributed by atoms with Gasteiger partial charge < -0.3 is 15.2 Å².